The lowest BCUT2D eigenvalue weighted by atomic mass is 10.1. The molecule has 0 aliphatic rings. The Morgan fingerprint density at radius 1 is 1.35 bits per heavy atom. The molecule has 0 aliphatic carbocycles. The summed E-state index contributed by atoms with van der Waals surface area (Å²) < 4.78 is 0. The van der Waals surface area contributed by atoms with Gasteiger partial charge in [-0.2, -0.15) is 0 Å². The van der Waals surface area contributed by atoms with Crippen LogP contribution in [0.2, 0.25) is 0 Å². The standard InChI is InChI=1S/C18H21N3O2/c1-4-5-17(23)21-18-15(10-12(2)3)20-16(11-19-18)13-6-8-14(22)9-7-13/h4,6-9,11-12,22H,1,5,10H2,2-3H3,(H,19,21,23). The quantitative estimate of drug-likeness (QED) is 0.800. The summed E-state index contributed by atoms with van der Waals surface area (Å²) in [5, 5.41) is 12.2. The van der Waals surface area contributed by atoms with E-state index in [4.69, 9.17) is 0 Å². The normalized spacial score (nSPS) is 10.6. The molecule has 0 spiro atoms. The van der Waals surface area contributed by atoms with Crippen molar-refractivity contribution in [2.24, 2.45) is 5.92 Å². The minimum atomic E-state index is -0.156. The third-order valence-corrected chi connectivity index (χ3v) is 3.20. The van der Waals surface area contributed by atoms with Gasteiger partial charge in [-0.05, 0) is 36.6 Å². The van der Waals surface area contributed by atoms with E-state index in [0.29, 0.717) is 23.9 Å². The highest BCUT2D eigenvalue weighted by atomic mass is 16.3. The van der Waals surface area contributed by atoms with E-state index in [-0.39, 0.29) is 18.1 Å². The van der Waals surface area contributed by atoms with Crippen molar-refractivity contribution in [3.8, 4) is 17.0 Å². The number of rotatable bonds is 6. The van der Waals surface area contributed by atoms with E-state index in [0.717, 1.165) is 11.3 Å². The van der Waals surface area contributed by atoms with Crippen molar-refractivity contribution in [3.63, 3.8) is 0 Å². The smallest absolute Gasteiger partial charge is 0.229 e. The van der Waals surface area contributed by atoms with Crippen LogP contribution in [-0.2, 0) is 11.2 Å². The van der Waals surface area contributed by atoms with Gasteiger partial charge in [0.05, 0.1) is 17.6 Å². The Bertz CT molecular complexity index is 694. The zero-order chi connectivity index (χ0) is 16.8. The molecule has 0 fully saturated rings. The number of carbonyl (C=O) groups is 1. The summed E-state index contributed by atoms with van der Waals surface area (Å²) in [6.07, 6.45) is 4.13. The Morgan fingerprint density at radius 2 is 2.04 bits per heavy atom. The van der Waals surface area contributed by atoms with Crippen LogP contribution in [0.3, 0.4) is 0 Å². The third-order valence-electron chi connectivity index (χ3n) is 3.20. The molecule has 1 amide bonds. The Morgan fingerprint density at radius 3 is 2.65 bits per heavy atom. The van der Waals surface area contributed by atoms with E-state index in [9.17, 15) is 9.90 Å². The number of phenolic OH excluding ortho intramolecular Hbond substituents is 1. The first-order valence-electron chi connectivity index (χ1n) is 7.55. The molecule has 2 rings (SSSR count). The Hall–Kier alpha value is -2.69. The van der Waals surface area contributed by atoms with Crippen molar-refractivity contribution in [1.29, 1.82) is 0 Å². The summed E-state index contributed by atoms with van der Waals surface area (Å²) in [6, 6.07) is 6.79. The first kappa shape index (κ1) is 16.7. The summed E-state index contributed by atoms with van der Waals surface area (Å²) in [5.41, 5.74) is 2.33. The molecule has 5 heteroatoms. The van der Waals surface area contributed by atoms with Crippen LogP contribution in [-0.4, -0.2) is 21.0 Å². The number of amides is 1. The van der Waals surface area contributed by atoms with Crippen LogP contribution in [0.5, 0.6) is 5.75 Å². The van der Waals surface area contributed by atoms with Crippen molar-refractivity contribution in [1.82, 2.24) is 9.97 Å². The van der Waals surface area contributed by atoms with Crippen LogP contribution in [0.25, 0.3) is 11.3 Å². The number of hydrogen-bond donors (Lipinski definition) is 2. The first-order valence-corrected chi connectivity index (χ1v) is 7.55. The predicted octanol–water partition coefficient (Wildman–Crippen LogP) is 3.56. The van der Waals surface area contributed by atoms with Gasteiger partial charge in [-0.25, -0.2) is 9.97 Å². The second-order valence-electron chi connectivity index (χ2n) is 5.74. The topological polar surface area (TPSA) is 75.1 Å². The fourth-order valence-electron chi connectivity index (χ4n) is 2.15. The summed E-state index contributed by atoms with van der Waals surface area (Å²) in [7, 11) is 0. The molecule has 0 bridgehead atoms. The molecule has 2 aromatic rings. The molecule has 1 aromatic carbocycles. The van der Waals surface area contributed by atoms with Gasteiger partial charge in [0.25, 0.3) is 0 Å². The monoisotopic (exact) mass is 311 g/mol. The van der Waals surface area contributed by atoms with E-state index in [1.54, 1.807) is 36.5 Å². The highest BCUT2D eigenvalue weighted by Crippen LogP contribution is 2.23. The SMILES string of the molecule is C=CCC(=O)Nc1ncc(-c2ccc(O)cc2)nc1CC(C)C. The van der Waals surface area contributed by atoms with Crippen molar-refractivity contribution in [2.75, 3.05) is 5.32 Å². The number of anilines is 1. The average Bonchev–Trinajstić information content (AvgIpc) is 2.49. The highest BCUT2D eigenvalue weighted by Gasteiger charge is 2.13. The van der Waals surface area contributed by atoms with Crippen molar-refractivity contribution >= 4 is 11.7 Å². The molecule has 0 aliphatic heterocycles. The second-order valence-corrected chi connectivity index (χ2v) is 5.74. The summed E-state index contributed by atoms with van der Waals surface area (Å²) in [4.78, 5) is 20.8. The van der Waals surface area contributed by atoms with Crippen LogP contribution in [0.4, 0.5) is 5.82 Å². The van der Waals surface area contributed by atoms with Crippen LogP contribution >= 0.6 is 0 Å². The van der Waals surface area contributed by atoms with Crippen molar-refractivity contribution < 1.29 is 9.90 Å². The van der Waals surface area contributed by atoms with Gasteiger partial charge >= 0.3 is 0 Å². The van der Waals surface area contributed by atoms with Gasteiger partial charge in [0.1, 0.15) is 5.75 Å². The van der Waals surface area contributed by atoms with Gasteiger partial charge in [0, 0.05) is 12.0 Å². The Balaban J connectivity index is 2.34. The Labute approximate surface area is 136 Å². The lowest BCUT2D eigenvalue weighted by molar-refractivity contribution is -0.115. The number of nitrogens with zero attached hydrogens (tertiary/aromatic N) is 2. The van der Waals surface area contributed by atoms with Crippen LogP contribution in [0, 0.1) is 5.92 Å². The van der Waals surface area contributed by atoms with Crippen LogP contribution < -0.4 is 5.32 Å². The number of nitrogens with one attached hydrogen (secondary N) is 1. The minimum absolute atomic E-state index is 0.156. The number of benzene rings is 1. The molecule has 0 saturated carbocycles. The Kier molecular flexibility index (Phi) is 5.46. The molecule has 0 saturated heterocycles. The van der Waals surface area contributed by atoms with Crippen LogP contribution in [0.1, 0.15) is 26.0 Å². The maximum absolute atomic E-state index is 11.8. The van der Waals surface area contributed by atoms with E-state index < -0.39 is 0 Å². The summed E-state index contributed by atoms with van der Waals surface area (Å²) >= 11 is 0. The maximum Gasteiger partial charge on any atom is 0.229 e. The number of phenols is 1. The predicted molar refractivity (Wildman–Crippen MR) is 91.1 cm³/mol. The third kappa shape index (κ3) is 4.64. The van der Waals surface area contributed by atoms with Gasteiger partial charge in [-0.3, -0.25) is 4.79 Å². The fourth-order valence-corrected chi connectivity index (χ4v) is 2.15. The lowest BCUT2D eigenvalue weighted by Crippen LogP contribution is -2.15. The average molecular weight is 311 g/mol. The number of aromatic hydroxyl groups is 1. The zero-order valence-corrected chi connectivity index (χ0v) is 13.4. The molecule has 0 atom stereocenters. The van der Waals surface area contributed by atoms with E-state index in [1.165, 1.54) is 0 Å². The number of aromatic nitrogens is 2. The largest absolute Gasteiger partial charge is 0.508 e. The minimum Gasteiger partial charge on any atom is -0.508 e. The second kappa shape index (κ2) is 7.54. The maximum atomic E-state index is 11.8. The molecule has 1 aromatic heterocycles. The number of hydrogen-bond acceptors (Lipinski definition) is 4. The van der Waals surface area contributed by atoms with E-state index in [1.807, 2.05) is 0 Å². The zero-order valence-electron chi connectivity index (χ0n) is 13.4. The summed E-state index contributed by atoms with van der Waals surface area (Å²) in [6.45, 7) is 7.73. The molecule has 0 unspecified atom stereocenters. The van der Waals surface area contributed by atoms with E-state index >= 15 is 0 Å². The van der Waals surface area contributed by atoms with Gasteiger partial charge < -0.3 is 10.4 Å². The van der Waals surface area contributed by atoms with Gasteiger partial charge in [0.2, 0.25) is 5.91 Å². The molecular formula is C18H21N3O2. The molecule has 0 radical (unpaired) electrons. The molecule has 5 nitrogen and oxygen atoms in total. The van der Waals surface area contributed by atoms with Crippen molar-refractivity contribution in [2.45, 2.75) is 26.7 Å². The molecule has 1 heterocycles. The van der Waals surface area contributed by atoms with Crippen molar-refractivity contribution in [3.05, 3.63) is 48.8 Å². The molecular weight excluding hydrogens is 290 g/mol. The van der Waals surface area contributed by atoms with Gasteiger partial charge in [-0.1, -0.05) is 19.9 Å². The van der Waals surface area contributed by atoms with Crippen LogP contribution in [0.15, 0.2) is 43.1 Å². The van der Waals surface area contributed by atoms with Gasteiger partial charge in [-0.15, -0.1) is 6.58 Å². The highest BCUT2D eigenvalue weighted by molar-refractivity contribution is 5.91. The molecule has 23 heavy (non-hydrogen) atoms. The molecule has 2 N–H and O–H groups in total. The number of carbonyl (C=O) groups excluding carboxylic acids is 1. The fraction of sp³-hybridized carbons (Fsp3) is 0.278. The molecule has 120 valence electrons. The first-order chi connectivity index (χ1) is 11.0. The summed E-state index contributed by atoms with van der Waals surface area (Å²) in [5.74, 6) is 0.927. The lowest BCUT2D eigenvalue weighted by Gasteiger charge is -2.12. The van der Waals surface area contributed by atoms with Gasteiger partial charge in [0.15, 0.2) is 5.82 Å². The van der Waals surface area contributed by atoms with E-state index in [2.05, 4.69) is 35.7 Å².